The summed E-state index contributed by atoms with van der Waals surface area (Å²) in [6.45, 7) is 0. The summed E-state index contributed by atoms with van der Waals surface area (Å²) in [6.07, 6.45) is -12.0. The standard InChI is InChI=1S/C29H16Cl3F10NO3/c30-17-4-3-13(43-25(46)23-22(27(23,31)32)11-1-6-19(34)16(7-11)29(40,41)42)9-14(17)20(44)10-15-18(33)5-2-12(24(15)35)8-21(45)28(38,39)26(36)37/h1-7,9,22-23,26H,8,10H2,(H,43,46)/t22-,23+/m0/s1. The lowest BCUT2D eigenvalue weighted by Gasteiger charge is -2.15. The minimum Gasteiger partial charge on any atom is -0.326 e. The lowest BCUT2D eigenvalue weighted by molar-refractivity contribution is -0.166. The summed E-state index contributed by atoms with van der Waals surface area (Å²) in [6, 6.07) is 6.40. The van der Waals surface area contributed by atoms with Crippen LogP contribution in [0, 0.1) is 23.4 Å². The Labute approximate surface area is 267 Å². The monoisotopic (exact) mass is 721 g/mol. The van der Waals surface area contributed by atoms with Crippen molar-refractivity contribution in [1.82, 2.24) is 0 Å². The highest BCUT2D eigenvalue weighted by Crippen LogP contribution is 2.65. The van der Waals surface area contributed by atoms with Crippen molar-refractivity contribution in [3.8, 4) is 0 Å². The number of rotatable bonds is 10. The fourth-order valence-corrected chi connectivity index (χ4v) is 5.72. The highest BCUT2D eigenvalue weighted by Gasteiger charge is 2.67. The van der Waals surface area contributed by atoms with Crippen molar-refractivity contribution in [2.24, 2.45) is 5.92 Å². The molecule has 1 fully saturated rings. The third-order valence-corrected chi connectivity index (χ3v) is 8.40. The number of anilines is 1. The van der Waals surface area contributed by atoms with E-state index in [2.05, 4.69) is 5.32 Å². The van der Waals surface area contributed by atoms with E-state index in [1.165, 1.54) is 6.07 Å². The third-order valence-electron chi connectivity index (χ3n) is 7.13. The Morgan fingerprint density at radius 1 is 0.870 bits per heavy atom. The van der Waals surface area contributed by atoms with E-state index in [9.17, 15) is 58.3 Å². The highest BCUT2D eigenvalue weighted by molar-refractivity contribution is 6.53. The van der Waals surface area contributed by atoms with Crippen LogP contribution in [-0.4, -0.2) is 34.2 Å². The van der Waals surface area contributed by atoms with Crippen LogP contribution in [0.4, 0.5) is 49.6 Å². The maximum atomic E-state index is 15.0. The Hall–Kier alpha value is -3.36. The van der Waals surface area contributed by atoms with Gasteiger partial charge >= 0.3 is 18.5 Å². The van der Waals surface area contributed by atoms with Gasteiger partial charge < -0.3 is 5.32 Å². The van der Waals surface area contributed by atoms with Gasteiger partial charge in [0.05, 0.1) is 16.5 Å². The molecule has 46 heavy (non-hydrogen) atoms. The van der Waals surface area contributed by atoms with Gasteiger partial charge in [-0.15, -0.1) is 23.2 Å². The van der Waals surface area contributed by atoms with Crippen LogP contribution in [0.15, 0.2) is 48.5 Å². The molecule has 0 aromatic heterocycles. The predicted molar refractivity (Wildman–Crippen MR) is 146 cm³/mol. The van der Waals surface area contributed by atoms with E-state index < -0.39 is 105 Å². The lowest BCUT2D eigenvalue weighted by Crippen LogP contribution is -2.37. The van der Waals surface area contributed by atoms with E-state index in [1.54, 1.807) is 0 Å². The minimum absolute atomic E-state index is 0.142. The van der Waals surface area contributed by atoms with Gasteiger partial charge in [0.2, 0.25) is 11.7 Å². The van der Waals surface area contributed by atoms with Crippen molar-refractivity contribution < 1.29 is 58.3 Å². The Bertz CT molecular complexity index is 1730. The molecule has 1 aliphatic carbocycles. The number of nitrogens with one attached hydrogen (secondary N) is 1. The topological polar surface area (TPSA) is 63.2 Å². The first-order valence-electron chi connectivity index (χ1n) is 12.7. The van der Waals surface area contributed by atoms with E-state index >= 15 is 0 Å². The smallest absolute Gasteiger partial charge is 0.326 e. The van der Waals surface area contributed by atoms with Crippen LogP contribution in [0.3, 0.4) is 0 Å². The number of Topliss-reactive ketones (excluding diaryl/α,β-unsaturated/α-hetero) is 2. The van der Waals surface area contributed by atoms with Gasteiger partial charge in [0.1, 0.15) is 21.8 Å². The second-order valence-corrected chi connectivity index (χ2v) is 12.0. The zero-order valence-corrected chi connectivity index (χ0v) is 24.7. The molecule has 2 atom stereocenters. The van der Waals surface area contributed by atoms with Gasteiger partial charge in [-0.3, -0.25) is 14.4 Å². The molecular weight excluding hydrogens is 707 g/mol. The van der Waals surface area contributed by atoms with Crippen molar-refractivity contribution in [2.75, 3.05) is 5.32 Å². The number of hydrogen-bond acceptors (Lipinski definition) is 3. The average Bonchev–Trinajstić information content (AvgIpc) is 3.54. The second kappa shape index (κ2) is 12.7. The Balaban J connectivity index is 1.53. The van der Waals surface area contributed by atoms with Crippen LogP contribution in [0.1, 0.15) is 38.5 Å². The van der Waals surface area contributed by atoms with Gasteiger partial charge in [0.25, 0.3) is 0 Å². The van der Waals surface area contributed by atoms with Gasteiger partial charge in [-0.25, -0.2) is 22.0 Å². The molecule has 1 saturated carbocycles. The summed E-state index contributed by atoms with van der Waals surface area (Å²) in [5, 5.41) is 2.07. The molecule has 17 heteroatoms. The van der Waals surface area contributed by atoms with Crippen molar-refractivity contribution in [2.45, 2.75) is 41.6 Å². The largest absolute Gasteiger partial charge is 0.419 e. The highest BCUT2D eigenvalue weighted by atomic mass is 35.5. The third kappa shape index (κ3) is 6.98. The molecular formula is C29H16Cl3F10NO3. The van der Waals surface area contributed by atoms with Crippen molar-refractivity contribution in [3.05, 3.63) is 98.8 Å². The number of carbonyl (C=O) groups excluding carboxylic acids is 3. The normalized spacial score (nSPS) is 17.6. The molecule has 0 spiro atoms. The van der Waals surface area contributed by atoms with Crippen molar-refractivity contribution in [3.63, 3.8) is 0 Å². The van der Waals surface area contributed by atoms with E-state index in [1.807, 2.05) is 0 Å². The molecule has 0 heterocycles. The van der Waals surface area contributed by atoms with Crippen LogP contribution in [0.5, 0.6) is 0 Å². The first kappa shape index (κ1) is 35.5. The summed E-state index contributed by atoms with van der Waals surface area (Å²) in [4.78, 5) is 37.6. The number of amides is 1. The van der Waals surface area contributed by atoms with Crippen LogP contribution < -0.4 is 5.32 Å². The summed E-state index contributed by atoms with van der Waals surface area (Å²) in [7, 11) is 0. The average molecular weight is 723 g/mol. The molecule has 0 unspecified atom stereocenters. The SMILES string of the molecule is O=C(Cc1c(F)ccc(CC(=O)C(F)(F)C(F)F)c1F)c1cc(NC(=O)[C@H]2[C@H](c3ccc(F)c(C(F)(F)F)c3)C2(Cl)Cl)ccc1Cl. The second-order valence-electron chi connectivity index (χ2n) is 10.2. The molecule has 3 aromatic carbocycles. The molecule has 4 nitrogen and oxygen atoms in total. The number of halogens is 13. The zero-order chi connectivity index (χ0) is 34.5. The molecule has 1 N–H and O–H groups in total. The Morgan fingerprint density at radius 2 is 1.50 bits per heavy atom. The molecule has 0 bridgehead atoms. The first-order chi connectivity index (χ1) is 21.2. The van der Waals surface area contributed by atoms with Crippen LogP contribution in [0.25, 0.3) is 0 Å². The van der Waals surface area contributed by atoms with Crippen LogP contribution >= 0.6 is 34.8 Å². The van der Waals surface area contributed by atoms with E-state index in [0.717, 1.165) is 18.2 Å². The van der Waals surface area contributed by atoms with Gasteiger partial charge in [0.15, 0.2) is 5.78 Å². The number of benzene rings is 3. The van der Waals surface area contributed by atoms with E-state index in [0.29, 0.717) is 24.3 Å². The quantitative estimate of drug-likeness (QED) is 0.129. The number of alkyl halides is 9. The summed E-state index contributed by atoms with van der Waals surface area (Å²) < 4.78 is 133. The lowest BCUT2D eigenvalue weighted by atomic mass is 9.97. The maximum Gasteiger partial charge on any atom is 0.419 e. The minimum atomic E-state index is -5.10. The van der Waals surface area contributed by atoms with Crippen LogP contribution in [0.2, 0.25) is 5.02 Å². The zero-order valence-electron chi connectivity index (χ0n) is 22.4. The molecule has 3 aromatic rings. The molecule has 0 aliphatic heterocycles. The first-order valence-corrected chi connectivity index (χ1v) is 13.8. The van der Waals surface area contributed by atoms with Gasteiger partial charge in [-0.1, -0.05) is 23.7 Å². The van der Waals surface area contributed by atoms with Crippen molar-refractivity contribution in [1.29, 1.82) is 0 Å². The summed E-state index contributed by atoms with van der Waals surface area (Å²) in [5.74, 6) is -16.5. The van der Waals surface area contributed by atoms with Crippen LogP contribution in [-0.2, 0) is 28.6 Å². The molecule has 1 aliphatic rings. The fourth-order valence-electron chi connectivity index (χ4n) is 4.67. The summed E-state index contributed by atoms with van der Waals surface area (Å²) in [5.41, 5.74) is -4.21. The molecule has 1 amide bonds. The number of carbonyl (C=O) groups is 3. The molecule has 4 rings (SSSR count). The maximum absolute atomic E-state index is 15.0. The van der Waals surface area contributed by atoms with Gasteiger partial charge in [-0.05, 0) is 47.5 Å². The molecule has 0 saturated heterocycles. The molecule has 246 valence electrons. The number of hydrogen-bond donors (Lipinski definition) is 1. The Kier molecular flexibility index (Phi) is 9.79. The van der Waals surface area contributed by atoms with Gasteiger partial charge in [-0.2, -0.15) is 22.0 Å². The number of ketones is 2. The Morgan fingerprint density at radius 3 is 2.11 bits per heavy atom. The van der Waals surface area contributed by atoms with Gasteiger partial charge in [0, 0.05) is 35.6 Å². The fraction of sp³-hybridized carbons (Fsp3) is 0.276. The molecule has 0 radical (unpaired) electrons. The van der Waals surface area contributed by atoms with E-state index in [4.69, 9.17) is 34.8 Å². The van der Waals surface area contributed by atoms with E-state index in [-0.39, 0.29) is 16.3 Å². The summed E-state index contributed by atoms with van der Waals surface area (Å²) >= 11 is 18.4. The van der Waals surface area contributed by atoms with Crippen molar-refractivity contribution >= 4 is 58.0 Å². The predicted octanol–water partition coefficient (Wildman–Crippen LogP) is 8.74.